The molecule has 3 aromatic carbocycles. The molecule has 110 valence electrons. The summed E-state index contributed by atoms with van der Waals surface area (Å²) in [4.78, 5) is 0. The number of benzene rings is 3. The quantitative estimate of drug-likeness (QED) is 0.564. The molecule has 0 heterocycles. The van der Waals surface area contributed by atoms with E-state index in [1.165, 1.54) is 11.1 Å². The van der Waals surface area contributed by atoms with Crippen molar-refractivity contribution in [2.75, 3.05) is 6.79 Å². The zero-order valence-electron chi connectivity index (χ0n) is 12.2. The second-order valence-corrected chi connectivity index (χ2v) is 5.07. The first-order chi connectivity index (χ1) is 10.9. The van der Waals surface area contributed by atoms with Crippen molar-refractivity contribution in [3.63, 3.8) is 0 Å². The first kappa shape index (κ1) is 14.4. The number of rotatable bonds is 5. The lowest BCUT2D eigenvalue weighted by atomic mass is 9.85. The Labute approximate surface area is 130 Å². The van der Waals surface area contributed by atoms with Gasteiger partial charge in [-0.1, -0.05) is 78.9 Å². The van der Waals surface area contributed by atoms with Gasteiger partial charge in [0.05, 0.1) is 0 Å². The van der Waals surface area contributed by atoms with Crippen LogP contribution in [0.25, 0.3) is 0 Å². The van der Waals surface area contributed by atoms with Gasteiger partial charge in [-0.15, -0.1) is 0 Å². The van der Waals surface area contributed by atoms with Gasteiger partial charge in [0.1, 0.15) is 5.75 Å². The van der Waals surface area contributed by atoms with Crippen molar-refractivity contribution in [1.82, 2.24) is 0 Å². The van der Waals surface area contributed by atoms with Gasteiger partial charge in [0.25, 0.3) is 0 Å². The molecule has 2 heteroatoms. The molecule has 0 aliphatic rings. The van der Waals surface area contributed by atoms with Crippen molar-refractivity contribution in [2.24, 2.45) is 0 Å². The van der Waals surface area contributed by atoms with Crippen LogP contribution in [0.5, 0.6) is 5.75 Å². The molecule has 0 unspecified atom stereocenters. The Morgan fingerprint density at radius 1 is 0.682 bits per heavy atom. The summed E-state index contributed by atoms with van der Waals surface area (Å²) in [5, 5.41) is 9.14. The van der Waals surface area contributed by atoms with Crippen molar-refractivity contribution in [3.8, 4) is 5.75 Å². The van der Waals surface area contributed by atoms with Gasteiger partial charge < -0.3 is 9.84 Å². The van der Waals surface area contributed by atoms with Crippen LogP contribution in [0.4, 0.5) is 0 Å². The third-order valence-corrected chi connectivity index (χ3v) is 3.72. The molecule has 0 amide bonds. The average Bonchev–Trinajstić information content (AvgIpc) is 2.59. The molecule has 3 aromatic rings. The normalized spacial score (nSPS) is 10.6. The topological polar surface area (TPSA) is 29.5 Å². The van der Waals surface area contributed by atoms with E-state index in [9.17, 15) is 0 Å². The van der Waals surface area contributed by atoms with Gasteiger partial charge in [-0.2, -0.15) is 0 Å². The minimum atomic E-state index is -0.326. The number of aliphatic hydroxyl groups is 1. The lowest BCUT2D eigenvalue weighted by Gasteiger charge is -2.21. The van der Waals surface area contributed by atoms with Gasteiger partial charge in [-0.05, 0) is 17.2 Å². The maximum absolute atomic E-state index is 9.14. The van der Waals surface area contributed by atoms with Crippen LogP contribution >= 0.6 is 0 Å². The third-order valence-electron chi connectivity index (χ3n) is 3.72. The fourth-order valence-corrected chi connectivity index (χ4v) is 2.76. The van der Waals surface area contributed by atoms with Crippen LogP contribution in [-0.2, 0) is 0 Å². The summed E-state index contributed by atoms with van der Waals surface area (Å²) in [6, 6.07) is 28.5. The van der Waals surface area contributed by atoms with Crippen molar-refractivity contribution >= 4 is 0 Å². The summed E-state index contributed by atoms with van der Waals surface area (Å²) in [6.45, 7) is -0.326. The average molecular weight is 290 g/mol. The summed E-state index contributed by atoms with van der Waals surface area (Å²) in [6.07, 6.45) is 0. The highest BCUT2D eigenvalue weighted by molar-refractivity contribution is 5.48. The van der Waals surface area contributed by atoms with E-state index in [0.717, 1.165) is 5.56 Å². The molecule has 0 aliphatic heterocycles. The van der Waals surface area contributed by atoms with Crippen LogP contribution in [0.2, 0.25) is 0 Å². The molecule has 0 atom stereocenters. The number of ether oxygens (including phenoxy) is 1. The van der Waals surface area contributed by atoms with E-state index in [1.54, 1.807) is 0 Å². The maximum atomic E-state index is 9.14. The number of hydrogen-bond acceptors (Lipinski definition) is 2. The molecule has 0 aliphatic carbocycles. The predicted molar refractivity (Wildman–Crippen MR) is 88.0 cm³/mol. The predicted octanol–water partition coefficient (Wildman–Crippen LogP) is 4.20. The van der Waals surface area contributed by atoms with Crippen LogP contribution in [0.3, 0.4) is 0 Å². The summed E-state index contributed by atoms with van der Waals surface area (Å²) in [7, 11) is 0. The van der Waals surface area contributed by atoms with Crippen molar-refractivity contribution < 1.29 is 9.84 Å². The Morgan fingerprint density at radius 2 is 1.18 bits per heavy atom. The van der Waals surface area contributed by atoms with E-state index >= 15 is 0 Å². The molecule has 0 saturated carbocycles. The standard InChI is InChI=1S/C20H18O2/c21-15-22-19-14-8-7-13-18(19)20(16-9-3-1-4-10-16)17-11-5-2-6-12-17/h1-14,20-21H,15H2. The number of para-hydroxylation sites is 1. The van der Waals surface area contributed by atoms with Crippen LogP contribution < -0.4 is 4.74 Å². The minimum absolute atomic E-state index is 0.0742. The van der Waals surface area contributed by atoms with Crippen molar-refractivity contribution in [2.45, 2.75) is 5.92 Å². The Bertz CT molecular complexity index is 669. The molecule has 3 rings (SSSR count). The van der Waals surface area contributed by atoms with Gasteiger partial charge in [0.2, 0.25) is 0 Å². The highest BCUT2D eigenvalue weighted by Gasteiger charge is 2.19. The van der Waals surface area contributed by atoms with Gasteiger partial charge in [-0.25, -0.2) is 0 Å². The molecule has 22 heavy (non-hydrogen) atoms. The van der Waals surface area contributed by atoms with E-state index in [2.05, 4.69) is 30.3 Å². The SMILES string of the molecule is OCOc1ccccc1C(c1ccccc1)c1ccccc1. The molecular weight excluding hydrogens is 272 g/mol. The second-order valence-electron chi connectivity index (χ2n) is 5.07. The molecule has 0 spiro atoms. The van der Waals surface area contributed by atoms with Gasteiger partial charge >= 0.3 is 0 Å². The monoisotopic (exact) mass is 290 g/mol. The molecule has 1 N–H and O–H groups in total. The lowest BCUT2D eigenvalue weighted by molar-refractivity contribution is 0.0975. The van der Waals surface area contributed by atoms with Crippen LogP contribution in [0.1, 0.15) is 22.6 Å². The minimum Gasteiger partial charge on any atom is -0.467 e. The van der Waals surface area contributed by atoms with E-state index in [-0.39, 0.29) is 12.7 Å². The Balaban J connectivity index is 2.15. The fraction of sp³-hybridized carbons (Fsp3) is 0.100. The smallest absolute Gasteiger partial charge is 0.186 e. The van der Waals surface area contributed by atoms with Crippen molar-refractivity contribution in [3.05, 3.63) is 102 Å². The lowest BCUT2D eigenvalue weighted by Crippen LogP contribution is -2.07. The number of hydrogen-bond donors (Lipinski definition) is 1. The Hall–Kier alpha value is -2.58. The highest BCUT2D eigenvalue weighted by Crippen LogP contribution is 2.36. The molecule has 0 aromatic heterocycles. The molecule has 0 fully saturated rings. The molecule has 0 bridgehead atoms. The van der Waals surface area contributed by atoms with Gasteiger partial charge in [-0.3, -0.25) is 0 Å². The Kier molecular flexibility index (Phi) is 4.52. The van der Waals surface area contributed by atoms with E-state index in [1.807, 2.05) is 54.6 Å². The zero-order chi connectivity index (χ0) is 15.2. The summed E-state index contributed by atoms with van der Waals surface area (Å²) < 4.78 is 5.42. The second kappa shape index (κ2) is 6.92. The van der Waals surface area contributed by atoms with Crippen LogP contribution in [-0.4, -0.2) is 11.9 Å². The third kappa shape index (κ3) is 3.02. The maximum Gasteiger partial charge on any atom is 0.186 e. The summed E-state index contributed by atoms with van der Waals surface area (Å²) >= 11 is 0. The van der Waals surface area contributed by atoms with Crippen LogP contribution in [0.15, 0.2) is 84.9 Å². The molecular formula is C20H18O2. The van der Waals surface area contributed by atoms with E-state index in [4.69, 9.17) is 9.84 Å². The zero-order valence-corrected chi connectivity index (χ0v) is 12.2. The largest absolute Gasteiger partial charge is 0.467 e. The molecule has 0 saturated heterocycles. The summed E-state index contributed by atoms with van der Waals surface area (Å²) in [5.41, 5.74) is 3.44. The van der Waals surface area contributed by atoms with Crippen LogP contribution in [0, 0.1) is 0 Å². The summed E-state index contributed by atoms with van der Waals surface area (Å²) in [5.74, 6) is 0.785. The first-order valence-electron chi connectivity index (χ1n) is 7.32. The fourth-order valence-electron chi connectivity index (χ4n) is 2.76. The van der Waals surface area contributed by atoms with E-state index < -0.39 is 0 Å². The molecule has 0 radical (unpaired) electrons. The van der Waals surface area contributed by atoms with Gasteiger partial charge in [0.15, 0.2) is 6.79 Å². The Morgan fingerprint density at radius 3 is 1.73 bits per heavy atom. The first-order valence-corrected chi connectivity index (χ1v) is 7.32. The van der Waals surface area contributed by atoms with Crippen molar-refractivity contribution in [1.29, 1.82) is 0 Å². The molecule has 2 nitrogen and oxygen atoms in total. The van der Waals surface area contributed by atoms with E-state index in [0.29, 0.717) is 5.75 Å². The highest BCUT2D eigenvalue weighted by atomic mass is 16.6. The number of aliphatic hydroxyl groups excluding tert-OH is 1. The van der Waals surface area contributed by atoms with Gasteiger partial charge in [0, 0.05) is 11.5 Å².